The fourth-order valence-electron chi connectivity index (χ4n) is 3.25. The molecule has 2 heterocycles. The van der Waals surface area contributed by atoms with Gasteiger partial charge in [-0.3, -0.25) is 4.99 Å². The number of nitrogens with zero attached hydrogens (tertiary/aromatic N) is 4. The molecule has 1 saturated heterocycles. The molecule has 0 bridgehead atoms. The Morgan fingerprint density at radius 2 is 1.92 bits per heavy atom. The molecule has 1 N–H and O–H groups in total. The maximum absolute atomic E-state index is 4.47. The molecule has 1 aliphatic heterocycles. The van der Waals surface area contributed by atoms with E-state index in [4.69, 9.17) is 0 Å². The van der Waals surface area contributed by atoms with E-state index in [1.54, 1.807) is 6.20 Å². The Kier molecular flexibility index (Phi) is 4.58. The second-order valence-corrected chi connectivity index (χ2v) is 7.87. The van der Waals surface area contributed by atoms with E-state index in [1.165, 1.54) is 5.56 Å². The smallest absolute Gasteiger partial charge is 0.194 e. The Bertz CT molecular complexity index is 726. The Morgan fingerprint density at radius 1 is 1.20 bits per heavy atom. The van der Waals surface area contributed by atoms with Crippen LogP contribution in [0.25, 0.3) is 5.69 Å². The normalized spacial score (nSPS) is 18.8. The summed E-state index contributed by atoms with van der Waals surface area (Å²) in [5, 5.41) is 7.77. The van der Waals surface area contributed by atoms with Crippen molar-refractivity contribution in [2.75, 3.05) is 20.1 Å². The van der Waals surface area contributed by atoms with E-state index in [1.807, 2.05) is 24.0 Å². The highest BCUT2D eigenvalue weighted by atomic mass is 15.4. The number of benzene rings is 1. The van der Waals surface area contributed by atoms with Crippen molar-refractivity contribution in [3.63, 3.8) is 0 Å². The number of likely N-dealkylation sites (tertiary alicyclic amines) is 1. The number of rotatable bonds is 4. The van der Waals surface area contributed by atoms with Crippen LogP contribution in [0.5, 0.6) is 0 Å². The number of hydrogen-bond acceptors (Lipinski definition) is 2. The second kappa shape index (κ2) is 6.54. The van der Waals surface area contributed by atoms with E-state index >= 15 is 0 Å². The molecule has 0 radical (unpaired) electrons. The maximum Gasteiger partial charge on any atom is 0.194 e. The topological polar surface area (TPSA) is 45.5 Å². The first-order chi connectivity index (χ1) is 11.8. The predicted molar refractivity (Wildman–Crippen MR) is 103 cm³/mol. The summed E-state index contributed by atoms with van der Waals surface area (Å²) in [5.41, 5.74) is 2.83. The molecule has 5 nitrogen and oxygen atoms in total. The molecule has 25 heavy (non-hydrogen) atoms. The molecule has 0 atom stereocenters. The third-order valence-electron chi connectivity index (χ3n) is 5.75. The summed E-state index contributed by atoms with van der Waals surface area (Å²) in [6.07, 6.45) is 4.72. The summed E-state index contributed by atoms with van der Waals surface area (Å²) in [7, 11) is 1.86. The first-order valence-corrected chi connectivity index (χ1v) is 8.92. The highest BCUT2D eigenvalue weighted by Gasteiger charge is 2.53. The van der Waals surface area contributed by atoms with Crippen LogP contribution in [-0.2, 0) is 6.42 Å². The number of hydrogen-bond donors (Lipinski definition) is 1. The zero-order valence-electron chi connectivity index (χ0n) is 16.0. The minimum absolute atomic E-state index is 0.125. The summed E-state index contributed by atoms with van der Waals surface area (Å²) < 4.78 is 1.87. The molecule has 134 valence electrons. The van der Waals surface area contributed by atoms with E-state index in [2.05, 4.69) is 72.3 Å². The van der Waals surface area contributed by atoms with Crippen molar-refractivity contribution in [2.45, 2.75) is 39.7 Å². The Balaban J connectivity index is 1.54. The van der Waals surface area contributed by atoms with Crippen molar-refractivity contribution >= 4 is 5.96 Å². The largest absolute Gasteiger partial charge is 0.356 e. The molecule has 1 fully saturated rings. The van der Waals surface area contributed by atoms with Crippen molar-refractivity contribution < 1.29 is 0 Å². The van der Waals surface area contributed by atoms with Crippen LogP contribution < -0.4 is 5.32 Å². The van der Waals surface area contributed by atoms with Crippen molar-refractivity contribution in [1.82, 2.24) is 20.0 Å². The predicted octanol–water partition coefficient (Wildman–Crippen LogP) is 3.11. The second-order valence-electron chi connectivity index (χ2n) is 7.87. The Hall–Kier alpha value is -2.30. The van der Waals surface area contributed by atoms with Gasteiger partial charge in [-0.15, -0.1) is 0 Å². The van der Waals surface area contributed by atoms with Crippen LogP contribution in [0.1, 0.15) is 33.3 Å². The molecule has 0 spiro atoms. The van der Waals surface area contributed by atoms with Gasteiger partial charge < -0.3 is 10.2 Å². The standard InChI is InChI=1S/C20H29N5/c1-19(2)15-24(20(19,3)4)18(21-5)22-13-11-16-7-9-17(10-8-16)25-14-6-12-23-25/h6-10,12,14H,11,13,15H2,1-5H3,(H,21,22). The summed E-state index contributed by atoms with van der Waals surface area (Å²) in [6.45, 7) is 11.1. The molecular weight excluding hydrogens is 310 g/mol. The lowest BCUT2D eigenvalue weighted by Crippen LogP contribution is -2.72. The van der Waals surface area contributed by atoms with Crippen LogP contribution in [0.15, 0.2) is 47.7 Å². The minimum atomic E-state index is 0.125. The molecule has 1 aromatic carbocycles. The van der Waals surface area contributed by atoms with Crippen LogP contribution >= 0.6 is 0 Å². The Morgan fingerprint density at radius 3 is 2.44 bits per heavy atom. The fourth-order valence-corrected chi connectivity index (χ4v) is 3.25. The molecule has 0 aliphatic carbocycles. The number of aromatic nitrogens is 2. The lowest BCUT2D eigenvalue weighted by atomic mass is 9.65. The summed E-state index contributed by atoms with van der Waals surface area (Å²) in [6, 6.07) is 10.5. The lowest BCUT2D eigenvalue weighted by molar-refractivity contribution is -0.0666. The van der Waals surface area contributed by atoms with Crippen LogP contribution in [0.3, 0.4) is 0 Å². The highest BCUT2D eigenvalue weighted by Crippen LogP contribution is 2.46. The van der Waals surface area contributed by atoms with Gasteiger partial charge in [-0.25, -0.2) is 4.68 Å². The molecule has 5 heteroatoms. The quantitative estimate of drug-likeness (QED) is 0.688. The van der Waals surface area contributed by atoms with Gasteiger partial charge in [0.15, 0.2) is 5.96 Å². The molecule has 0 amide bonds. The monoisotopic (exact) mass is 339 g/mol. The molecule has 1 aliphatic rings. The fraction of sp³-hybridized carbons (Fsp3) is 0.500. The summed E-state index contributed by atoms with van der Waals surface area (Å²) in [4.78, 5) is 6.84. The molecular formula is C20H29N5. The number of nitrogens with one attached hydrogen (secondary N) is 1. The molecule has 0 unspecified atom stereocenters. The number of aliphatic imine (C=N–C) groups is 1. The van der Waals surface area contributed by atoms with Crippen molar-refractivity contribution in [3.05, 3.63) is 48.3 Å². The van der Waals surface area contributed by atoms with Gasteiger partial charge in [0.1, 0.15) is 0 Å². The van der Waals surface area contributed by atoms with Gasteiger partial charge in [0.05, 0.1) is 5.69 Å². The van der Waals surface area contributed by atoms with Gasteiger partial charge >= 0.3 is 0 Å². The van der Waals surface area contributed by atoms with Crippen LogP contribution in [0.2, 0.25) is 0 Å². The first kappa shape index (κ1) is 17.5. The van der Waals surface area contributed by atoms with Crippen LogP contribution in [0, 0.1) is 5.41 Å². The first-order valence-electron chi connectivity index (χ1n) is 8.92. The van der Waals surface area contributed by atoms with E-state index < -0.39 is 0 Å². The van der Waals surface area contributed by atoms with Gasteiger partial charge in [-0.2, -0.15) is 5.10 Å². The molecule has 0 saturated carbocycles. The highest BCUT2D eigenvalue weighted by molar-refractivity contribution is 5.82. The summed E-state index contributed by atoms with van der Waals surface area (Å²) in [5.74, 6) is 0.998. The van der Waals surface area contributed by atoms with Gasteiger partial charge in [0.25, 0.3) is 0 Å². The van der Waals surface area contributed by atoms with Crippen molar-refractivity contribution in [1.29, 1.82) is 0 Å². The van der Waals surface area contributed by atoms with Crippen LogP contribution in [-0.4, -0.2) is 46.3 Å². The van der Waals surface area contributed by atoms with E-state index in [0.717, 1.165) is 31.2 Å². The zero-order chi connectivity index (χ0) is 18.1. The Labute approximate surface area is 150 Å². The third kappa shape index (κ3) is 3.28. The molecule has 2 aromatic rings. The average molecular weight is 339 g/mol. The van der Waals surface area contributed by atoms with Crippen LogP contribution in [0.4, 0.5) is 0 Å². The van der Waals surface area contributed by atoms with E-state index in [0.29, 0.717) is 5.41 Å². The zero-order valence-corrected chi connectivity index (χ0v) is 16.0. The summed E-state index contributed by atoms with van der Waals surface area (Å²) >= 11 is 0. The van der Waals surface area contributed by atoms with Crippen molar-refractivity contribution in [2.24, 2.45) is 10.4 Å². The van der Waals surface area contributed by atoms with Gasteiger partial charge in [-0.05, 0) is 44.0 Å². The third-order valence-corrected chi connectivity index (χ3v) is 5.75. The van der Waals surface area contributed by atoms with Gasteiger partial charge in [-0.1, -0.05) is 26.0 Å². The van der Waals surface area contributed by atoms with Crippen molar-refractivity contribution in [3.8, 4) is 5.69 Å². The SMILES string of the molecule is CN=C(NCCc1ccc(-n2cccn2)cc1)N1CC(C)(C)C1(C)C. The van der Waals surface area contributed by atoms with E-state index in [-0.39, 0.29) is 5.54 Å². The minimum Gasteiger partial charge on any atom is -0.356 e. The molecule has 1 aromatic heterocycles. The average Bonchev–Trinajstić information content (AvgIpc) is 3.12. The van der Waals surface area contributed by atoms with Gasteiger partial charge in [0, 0.05) is 43.5 Å². The lowest BCUT2D eigenvalue weighted by Gasteiger charge is -2.62. The number of guanidine groups is 1. The maximum atomic E-state index is 4.47. The molecule has 3 rings (SSSR count). The van der Waals surface area contributed by atoms with E-state index in [9.17, 15) is 0 Å². The van der Waals surface area contributed by atoms with Gasteiger partial charge in [0.2, 0.25) is 0 Å².